The van der Waals surface area contributed by atoms with Crippen LogP contribution >= 0.6 is 0 Å². The summed E-state index contributed by atoms with van der Waals surface area (Å²) in [4.78, 5) is 4.43. The maximum Gasteiger partial charge on any atom is 0.238 e. The van der Waals surface area contributed by atoms with Crippen molar-refractivity contribution in [3.8, 4) is 0 Å². The fourth-order valence-corrected chi connectivity index (χ4v) is 2.65. The molecule has 6 heteroatoms. The molecule has 0 saturated heterocycles. The van der Waals surface area contributed by atoms with Gasteiger partial charge in [0, 0.05) is 18.3 Å². The summed E-state index contributed by atoms with van der Waals surface area (Å²) in [5, 5.41) is 8.52. The van der Waals surface area contributed by atoms with Crippen molar-refractivity contribution in [1.82, 2.24) is 10.3 Å². The maximum absolute atomic E-state index is 11.2. The number of rotatable bonds is 5. The topological polar surface area (TPSA) is 85.1 Å². The number of benzene rings is 1. The van der Waals surface area contributed by atoms with E-state index >= 15 is 0 Å². The van der Waals surface area contributed by atoms with Gasteiger partial charge in [-0.2, -0.15) is 0 Å². The van der Waals surface area contributed by atoms with Crippen LogP contribution in [0.1, 0.15) is 37.2 Å². The van der Waals surface area contributed by atoms with Crippen LogP contribution in [0.15, 0.2) is 53.6 Å². The highest BCUT2D eigenvalue weighted by atomic mass is 32.2. The number of primary sulfonamides is 1. The molecular weight excluding hydrogens is 286 g/mol. The zero-order valence-corrected chi connectivity index (χ0v) is 12.8. The molecule has 3 N–H and O–H groups in total. The third kappa shape index (κ3) is 4.10. The number of nitrogens with zero attached hydrogens (tertiary/aromatic N) is 1. The summed E-state index contributed by atoms with van der Waals surface area (Å²) in [6.07, 6.45) is 1.76. The van der Waals surface area contributed by atoms with E-state index in [9.17, 15) is 8.42 Å². The Morgan fingerprint density at radius 1 is 1.05 bits per heavy atom. The number of sulfonamides is 1. The Labute approximate surface area is 125 Å². The highest BCUT2D eigenvalue weighted by molar-refractivity contribution is 7.89. The molecule has 1 heterocycles. The number of nitrogens with two attached hydrogens (primary N) is 1. The molecular formula is C15H19N3O2S. The lowest BCUT2D eigenvalue weighted by molar-refractivity contribution is 0.486. The van der Waals surface area contributed by atoms with E-state index < -0.39 is 10.0 Å². The van der Waals surface area contributed by atoms with E-state index in [1.807, 2.05) is 32.0 Å². The Bertz CT molecular complexity index is 685. The van der Waals surface area contributed by atoms with Crippen molar-refractivity contribution >= 4 is 10.0 Å². The predicted octanol–water partition coefficient (Wildman–Crippen LogP) is 2.14. The number of nitrogens with one attached hydrogen (secondary N) is 1. The molecule has 0 aliphatic heterocycles. The smallest absolute Gasteiger partial charge is 0.238 e. The van der Waals surface area contributed by atoms with E-state index in [2.05, 4.69) is 10.3 Å². The van der Waals surface area contributed by atoms with Crippen molar-refractivity contribution in [2.45, 2.75) is 30.8 Å². The van der Waals surface area contributed by atoms with E-state index in [4.69, 9.17) is 5.14 Å². The molecule has 0 amide bonds. The fraction of sp³-hybridized carbons (Fsp3) is 0.267. The first-order valence-electron chi connectivity index (χ1n) is 6.67. The van der Waals surface area contributed by atoms with Crippen LogP contribution < -0.4 is 10.5 Å². The van der Waals surface area contributed by atoms with Gasteiger partial charge in [0.2, 0.25) is 10.0 Å². The van der Waals surface area contributed by atoms with Crippen LogP contribution in [0.3, 0.4) is 0 Å². The lowest BCUT2D eigenvalue weighted by atomic mass is 10.1. The van der Waals surface area contributed by atoms with Crippen LogP contribution in [0.2, 0.25) is 0 Å². The Balaban J connectivity index is 2.08. The van der Waals surface area contributed by atoms with Gasteiger partial charge in [0.15, 0.2) is 0 Å². The summed E-state index contributed by atoms with van der Waals surface area (Å²) >= 11 is 0. The molecule has 0 aliphatic rings. The zero-order chi connectivity index (χ0) is 15.5. The van der Waals surface area contributed by atoms with Crippen molar-refractivity contribution in [2.75, 3.05) is 0 Å². The number of pyridine rings is 1. The van der Waals surface area contributed by atoms with Crippen LogP contribution in [-0.2, 0) is 10.0 Å². The summed E-state index contributed by atoms with van der Waals surface area (Å²) in [7, 11) is -3.64. The van der Waals surface area contributed by atoms with Crippen molar-refractivity contribution in [3.05, 3.63) is 59.9 Å². The van der Waals surface area contributed by atoms with E-state index in [-0.39, 0.29) is 17.0 Å². The molecule has 0 spiro atoms. The Hall–Kier alpha value is -1.76. The molecule has 2 aromatic rings. The van der Waals surface area contributed by atoms with Gasteiger partial charge in [-0.25, -0.2) is 13.6 Å². The summed E-state index contributed by atoms with van der Waals surface area (Å²) in [5.41, 5.74) is 1.95. The van der Waals surface area contributed by atoms with Crippen LogP contribution in [0, 0.1) is 0 Å². The van der Waals surface area contributed by atoms with Gasteiger partial charge in [0.25, 0.3) is 0 Å². The van der Waals surface area contributed by atoms with Gasteiger partial charge < -0.3 is 5.32 Å². The molecule has 0 bridgehead atoms. The normalized spacial score (nSPS) is 14.6. The van der Waals surface area contributed by atoms with Gasteiger partial charge in [-0.3, -0.25) is 4.98 Å². The summed E-state index contributed by atoms with van der Waals surface area (Å²) in [6, 6.07) is 12.5. The standard InChI is InChI=1S/C15H19N3O2S/c1-11(18-12(2)15-5-3-4-10-17-15)13-6-8-14(9-7-13)21(16,19)20/h3-12,18H,1-2H3,(H2,16,19,20)/t11?,12-/m0/s1. The van der Waals surface area contributed by atoms with Crippen LogP contribution in [0.5, 0.6) is 0 Å². The highest BCUT2D eigenvalue weighted by Crippen LogP contribution is 2.19. The average Bonchev–Trinajstić information content (AvgIpc) is 2.47. The molecule has 0 radical (unpaired) electrons. The van der Waals surface area contributed by atoms with Gasteiger partial charge in [0.05, 0.1) is 10.6 Å². The molecule has 21 heavy (non-hydrogen) atoms. The van der Waals surface area contributed by atoms with Crippen LogP contribution in [-0.4, -0.2) is 13.4 Å². The fourth-order valence-electron chi connectivity index (χ4n) is 2.13. The predicted molar refractivity (Wildman–Crippen MR) is 82.0 cm³/mol. The van der Waals surface area contributed by atoms with E-state index in [1.165, 1.54) is 12.1 Å². The minimum atomic E-state index is -3.64. The van der Waals surface area contributed by atoms with E-state index in [0.717, 1.165) is 11.3 Å². The van der Waals surface area contributed by atoms with E-state index in [1.54, 1.807) is 18.3 Å². The molecule has 0 saturated carbocycles. The van der Waals surface area contributed by atoms with Crippen molar-refractivity contribution in [3.63, 3.8) is 0 Å². The van der Waals surface area contributed by atoms with E-state index in [0.29, 0.717) is 0 Å². The molecule has 2 atom stereocenters. The summed E-state index contributed by atoms with van der Waals surface area (Å²) in [6.45, 7) is 4.06. The highest BCUT2D eigenvalue weighted by Gasteiger charge is 2.13. The molecule has 0 fully saturated rings. The second kappa shape index (κ2) is 6.34. The first-order chi connectivity index (χ1) is 9.88. The number of aromatic nitrogens is 1. The Morgan fingerprint density at radius 2 is 1.71 bits per heavy atom. The third-order valence-corrected chi connectivity index (χ3v) is 4.27. The van der Waals surface area contributed by atoms with Gasteiger partial charge in [-0.15, -0.1) is 0 Å². The van der Waals surface area contributed by atoms with Gasteiger partial charge >= 0.3 is 0 Å². The minimum Gasteiger partial charge on any atom is -0.302 e. The second-order valence-corrected chi connectivity index (χ2v) is 6.54. The monoisotopic (exact) mass is 305 g/mol. The minimum absolute atomic E-state index is 0.0662. The molecule has 0 aliphatic carbocycles. The summed E-state index contributed by atoms with van der Waals surface area (Å²) < 4.78 is 22.5. The van der Waals surface area contributed by atoms with Gasteiger partial charge in [-0.05, 0) is 43.7 Å². The van der Waals surface area contributed by atoms with Crippen LogP contribution in [0.25, 0.3) is 0 Å². The molecule has 5 nitrogen and oxygen atoms in total. The number of hydrogen-bond donors (Lipinski definition) is 2. The van der Waals surface area contributed by atoms with Crippen molar-refractivity contribution in [1.29, 1.82) is 0 Å². The quantitative estimate of drug-likeness (QED) is 0.886. The Morgan fingerprint density at radius 3 is 2.24 bits per heavy atom. The van der Waals surface area contributed by atoms with Gasteiger partial charge in [-0.1, -0.05) is 18.2 Å². The largest absolute Gasteiger partial charge is 0.302 e. The molecule has 112 valence electrons. The van der Waals surface area contributed by atoms with Crippen molar-refractivity contribution in [2.24, 2.45) is 5.14 Å². The first kappa shape index (κ1) is 15.6. The summed E-state index contributed by atoms with van der Waals surface area (Å²) in [5.74, 6) is 0. The lowest BCUT2D eigenvalue weighted by Crippen LogP contribution is -2.23. The Kier molecular flexibility index (Phi) is 4.72. The zero-order valence-electron chi connectivity index (χ0n) is 12.0. The SMILES string of the molecule is CC(N[C@@H](C)c1ccccn1)c1ccc(S(N)(=O)=O)cc1. The number of hydrogen-bond acceptors (Lipinski definition) is 4. The molecule has 1 aromatic carbocycles. The van der Waals surface area contributed by atoms with Crippen molar-refractivity contribution < 1.29 is 8.42 Å². The third-order valence-electron chi connectivity index (χ3n) is 3.34. The molecule has 2 rings (SSSR count). The van der Waals surface area contributed by atoms with Crippen LogP contribution in [0.4, 0.5) is 0 Å². The first-order valence-corrected chi connectivity index (χ1v) is 8.22. The second-order valence-electron chi connectivity index (χ2n) is 4.98. The molecule has 1 aromatic heterocycles. The average molecular weight is 305 g/mol. The lowest BCUT2D eigenvalue weighted by Gasteiger charge is -2.20. The van der Waals surface area contributed by atoms with Gasteiger partial charge in [0.1, 0.15) is 0 Å². The maximum atomic E-state index is 11.2. The molecule has 1 unspecified atom stereocenters.